The summed E-state index contributed by atoms with van der Waals surface area (Å²) in [4.78, 5) is 24.3. The molecule has 1 aliphatic carbocycles. The summed E-state index contributed by atoms with van der Waals surface area (Å²) in [5, 5.41) is 0. The van der Waals surface area contributed by atoms with Crippen LogP contribution in [-0.4, -0.2) is 16.4 Å². The number of aromatic nitrogens is 1. The van der Waals surface area contributed by atoms with Crippen molar-refractivity contribution in [3.63, 3.8) is 0 Å². The van der Waals surface area contributed by atoms with E-state index in [1.807, 2.05) is 47.3 Å². The molecular weight excluding hydrogens is 290 g/mol. The fourth-order valence-electron chi connectivity index (χ4n) is 3.11. The quantitative estimate of drug-likeness (QED) is 0.853. The van der Waals surface area contributed by atoms with E-state index in [1.54, 1.807) is 6.07 Å². The van der Waals surface area contributed by atoms with Gasteiger partial charge < -0.3 is 4.57 Å². The van der Waals surface area contributed by atoms with E-state index in [1.165, 1.54) is 12.8 Å². The van der Waals surface area contributed by atoms with Crippen molar-refractivity contribution >= 4 is 11.8 Å². The highest BCUT2D eigenvalue weighted by atomic mass is 16.2. The van der Waals surface area contributed by atoms with Crippen LogP contribution in [0.5, 0.6) is 0 Å². The van der Waals surface area contributed by atoms with E-state index in [0.29, 0.717) is 17.9 Å². The molecule has 0 spiro atoms. The second kappa shape index (κ2) is 7.13. The van der Waals surface area contributed by atoms with Crippen LogP contribution >= 0.6 is 0 Å². The van der Waals surface area contributed by atoms with Crippen LogP contribution in [0.2, 0.25) is 0 Å². The number of nitrogens with zero attached hydrogens (tertiary/aromatic N) is 1. The van der Waals surface area contributed by atoms with Gasteiger partial charge in [-0.05, 0) is 43.0 Å². The van der Waals surface area contributed by atoms with Crippen molar-refractivity contribution in [3.8, 4) is 5.69 Å². The molecule has 0 bridgehead atoms. The lowest BCUT2D eigenvalue weighted by Gasteiger charge is -2.13. The molecule has 5 heteroatoms. The van der Waals surface area contributed by atoms with Crippen LogP contribution in [0.1, 0.15) is 42.5 Å². The SMILES string of the molecule is O=C(CC1CCCC1)NNC(=O)c1ccccc1-n1cccc1. The van der Waals surface area contributed by atoms with E-state index in [-0.39, 0.29) is 11.8 Å². The number of para-hydroxylation sites is 1. The predicted octanol–water partition coefficient (Wildman–Crippen LogP) is 2.82. The largest absolute Gasteiger partial charge is 0.323 e. The number of amides is 2. The van der Waals surface area contributed by atoms with Crippen LogP contribution in [-0.2, 0) is 4.79 Å². The summed E-state index contributed by atoms with van der Waals surface area (Å²) >= 11 is 0. The second-order valence-corrected chi connectivity index (χ2v) is 5.96. The van der Waals surface area contributed by atoms with Crippen LogP contribution in [0.25, 0.3) is 5.69 Å². The maximum atomic E-state index is 12.4. The van der Waals surface area contributed by atoms with Gasteiger partial charge in [-0.1, -0.05) is 25.0 Å². The predicted molar refractivity (Wildman–Crippen MR) is 88.0 cm³/mol. The molecule has 0 atom stereocenters. The molecule has 2 amide bonds. The van der Waals surface area contributed by atoms with Crippen LogP contribution < -0.4 is 10.9 Å². The standard InChI is InChI=1S/C18H21N3O2/c22-17(13-14-7-1-2-8-14)19-20-18(23)15-9-3-4-10-16(15)21-11-5-6-12-21/h3-6,9-12,14H,1-2,7-8,13H2,(H,19,22)(H,20,23). The van der Waals surface area contributed by atoms with Gasteiger partial charge in [0.15, 0.2) is 0 Å². The molecule has 23 heavy (non-hydrogen) atoms. The molecule has 1 saturated carbocycles. The van der Waals surface area contributed by atoms with Crippen LogP contribution in [0.15, 0.2) is 48.8 Å². The zero-order chi connectivity index (χ0) is 16.1. The van der Waals surface area contributed by atoms with Gasteiger partial charge in [0.25, 0.3) is 5.91 Å². The summed E-state index contributed by atoms with van der Waals surface area (Å²) in [7, 11) is 0. The third-order valence-corrected chi connectivity index (χ3v) is 4.30. The summed E-state index contributed by atoms with van der Waals surface area (Å²) in [5.41, 5.74) is 6.35. The van der Waals surface area contributed by atoms with Crippen molar-refractivity contribution in [2.75, 3.05) is 0 Å². The van der Waals surface area contributed by atoms with E-state index >= 15 is 0 Å². The minimum absolute atomic E-state index is 0.122. The Morgan fingerprint density at radius 1 is 1.00 bits per heavy atom. The molecule has 0 aliphatic heterocycles. The molecular formula is C18H21N3O2. The molecule has 2 N–H and O–H groups in total. The molecule has 120 valence electrons. The molecule has 3 rings (SSSR count). The third-order valence-electron chi connectivity index (χ3n) is 4.30. The van der Waals surface area contributed by atoms with E-state index in [0.717, 1.165) is 18.5 Å². The number of hydrogen-bond acceptors (Lipinski definition) is 2. The molecule has 1 aromatic heterocycles. The average molecular weight is 311 g/mol. The van der Waals surface area contributed by atoms with Gasteiger partial charge in [-0.2, -0.15) is 0 Å². The highest BCUT2D eigenvalue weighted by Gasteiger charge is 2.19. The Kier molecular flexibility index (Phi) is 4.76. The number of hydrogen-bond donors (Lipinski definition) is 2. The monoisotopic (exact) mass is 311 g/mol. The molecule has 1 aliphatic rings. The Bertz CT molecular complexity index is 673. The molecule has 1 heterocycles. The van der Waals surface area contributed by atoms with Gasteiger partial charge in [0, 0.05) is 18.8 Å². The van der Waals surface area contributed by atoms with E-state index in [2.05, 4.69) is 10.9 Å². The van der Waals surface area contributed by atoms with Gasteiger partial charge >= 0.3 is 0 Å². The Morgan fingerprint density at radius 3 is 2.43 bits per heavy atom. The lowest BCUT2D eigenvalue weighted by molar-refractivity contribution is -0.122. The first-order chi connectivity index (χ1) is 11.2. The summed E-state index contributed by atoms with van der Waals surface area (Å²) in [6.45, 7) is 0. The molecule has 0 unspecified atom stereocenters. The van der Waals surface area contributed by atoms with Crippen LogP contribution in [0.4, 0.5) is 0 Å². The first-order valence-corrected chi connectivity index (χ1v) is 8.05. The lowest BCUT2D eigenvalue weighted by Crippen LogP contribution is -2.42. The average Bonchev–Trinajstić information content (AvgIpc) is 3.26. The molecule has 1 fully saturated rings. The van der Waals surface area contributed by atoms with Crippen molar-refractivity contribution in [2.24, 2.45) is 5.92 Å². The molecule has 0 radical (unpaired) electrons. The van der Waals surface area contributed by atoms with Gasteiger partial charge in [-0.25, -0.2) is 0 Å². The summed E-state index contributed by atoms with van der Waals surface area (Å²) in [6.07, 6.45) is 8.87. The van der Waals surface area contributed by atoms with Gasteiger partial charge in [0.2, 0.25) is 5.91 Å². The summed E-state index contributed by atoms with van der Waals surface area (Å²) in [6, 6.07) is 11.1. The molecule has 5 nitrogen and oxygen atoms in total. The Morgan fingerprint density at radius 2 is 1.70 bits per heavy atom. The second-order valence-electron chi connectivity index (χ2n) is 5.96. The van der Waals surface area contributed by atoms with Gasteiger partial charge in [-0.3, -0.25) is 20.4 Å². The number of rotatable bonds is 4. The number of carbonyl (C=O) groups is 2. The molecule has 1 aromatic carbocycles. The van der Waals surface area contributed by atoms with Crippen LogP contribution in [0, 0.1) is 5.92 Å². The normalized spacial score (nSPS) is 14.6. The molecule has 0 saturated heterocycles. The minimum Gasteiger partial charge on any atom is -0.323 e. The van der Waals surface area contributed by atoms with E-state index < -0.39 is 0 Å². The maximum Gasteiger partial charge on any atom is 0.271 e. The van der Waals surface area contributed by atoms with Crippen molar-refractivity contribution in [2.45, 2.75) is 32.1 Å². The first-order valence-electron chi connectivity index (χ1n) is 8.05. The highest BCUT2D eigenvalue weighted by molar-refractivity contribution is 5.98. The zero-order valence-corrected chi connectivity index (χ0v) is 13.0. The number of benzene rings is 1. The van der Waals surface area contributed by atoms with Gasteiger partial charge in [0.05, 0.1) is 11.3 Å². The van der Waals surface area contributed by atoms with E-state index in [9.17, 15) is 9.59 Å². The van der Waals surface area contributed by atoms with Gasteiger partial charge in [0.1, 0.15) is 0 Å². The highest BCUT2D eigenvalue weighted by Crippen LogP contribution is 2.27. The van der Waals surface area contributed by atoms with Gasteiger partial charge in [-0.15, -0.1) is 0 Å². The number of carbonyl (C=O) groups excluding carboxylic acids is 2. The Labute approximate surface area is 135 Å². The maximum absolute atomic E-state index is 12.4. The number of hydrazine groups is 1. The third kappa shape index (κ3) is 3.80. The summed E-state index contributed by atoms with van der Waals surface area (Å²) < 4.78 is 1.87. The Balaban J connectivity index is 1.61. The van der Waals surface area contributed by atoms with Crippen molar-refractivity contribution in [3.05, 3.63) is 54.4 Å². The van der Waals surface area contributed by atoms with E-state index in [4.69, 9.17) is 0 Å². The zero-order valence-electron chi connectivity index (χ0n) is 13.0. The number of nitrogens with one attached hydrogen (secondary N) is 2. The minimum atomic E-state index is -0.311. The Hall–Kier alpha value is -2.56. The fraction of sp³-hybridized carbons (Fsp3) is 0.333. The first kappa shape index (κ1) is 15.3. The fourth-order valence-corrected chi connectivity index (χ4v) is 3.11. The van der Waals surface area contributed by atoms with Crippen molar-refractivity contribution in [1.82, 2.24) is 15.4 Å². The lowest BCUT2D eigenvalue weighted by atomic mass is 10.0. The summed E-state index contributed by atoms with van der Waals surface area (Å²) in [5.74, 6) is 0.0248. The molecule has 2 aromatic rings. The van der Waals surface area contributed by atoms with Crippen molar-refractivity contribution < 1.29 is 9.59 Å². The smallest absolute Gasteiger partial charge is 0.271 e. The van der Waals surface area contributed by atoms with Crippen LogP contribution in [0.3, 0.4) is 0 Å². The van der Waals surface area contributed by atoms with Crippen molar-refractivity contribution in [1.29, 1.82) is 0 Å². The topological polar surface area (TPSA) is 63.1 Å².